The molecule has 1 aliphatic rings. The maximum atomic E-state index is 13.1. The topological polar surface area (TPSA) is 91.7 Å². The molecule has 0 radical (unpaired) electrons. The summed E-state index contributed by atoms with van der Waals surface area (Å²) < 4.78 is 18.5. The van der Waals surface area contributed by atoms with Gasteiger partial charge in [0.1, 0.15) is 11.9 Å². The summed E-state index contributed by atoms with van der Waals surface area (Å²) in [6.07, 6.45) is 4.92. The Morgan fingerprint density at radius 2 is 2.00 bits per heavy atom. The van der Waals surface area contributed by atoms with Gasteiger partial charge in [-0.1, -0.05) is 5.16 Å². The van der Waals surface area contributed by atoms with E-state index in [-0.39, 0.29) is 11.7 Å². The molecular formula is C18H15FN6O. The van der Waals surface area contributed by atoms with Crippen molar-refractivity contribution in [3.05, 3.63) is 54.1 Å². The number of hydrogen-bond acceptors (Lipinski definition) is 7. The predicted octanol–water partition coefficient (Wildman–Crippen LogP) is 2.92. The lowest BCUT2D eigenvalue weighted by Gasteiger charge is -2.31. The number of anilines is 1. The van der Waals surface area contributed by atoms with Crippen LogP contribution in [0.2, 0.25) is 0 Å². The SMILES string of the molecule is N#Cc1nccnc1N1CCCC(c2nc(-c3ccc(F)cc3)no2)C1. The molecule has 0 aliphatic carbocycles. The van der Waals surface area contributed by atoms with Gasteiger partial charge in [-0.25, -0.2) is 14.4 Å². The van der Waals surface area contributed by atoms with Crippen LogP contribution in [0.1, 0.15) is 30.3 Å². The molecule has 26 heavy (non-hydrogen) atoms. The van der Waals surface area contributed by atoms with E-state index in [1.165, 1.54) is 18.3 Å². The highest BCUT2D eigenvalue weighted by molar-refractivity contribution is 5.54. The number of benzene rings is 1. The van der Waals surface area contributed by atoms with Crippen LogP contribution in [0.5, 0.6) is 0 Å². The molecule has 4 rings (SSSR count). The summed E-state index contributed by atoms with van der Waals surface area (Å²) in [5, 5.41) is 13.2. The molecule has 3 heterocycles. The van der Waals surface area contributed by atoms with Gasteiger partial charge in [-0.15, -0.1) is 0 Å². The third kappa shape index (κ3) is 3.11. The monoisotopic (exact) mass is 350 g/mol. The van der Waals surface area contributed by atoms with Crippen LogP contribution in [0.15, 0.2) is 41.2 Å². The van der Waals surface area contributed by atoms with E-state index in [0.29, 0.717) is 35.3 Å². The molecule has 8 heteroatoms. The van der Waals surface area contributed by atoms with Crippen LogP contribution >= 0.6 is 0 Å². The molecule has 1 aliphatic heterocycles. The smallest absolute Gasteiger partial charge is 0.231 e. The van der Waals surface area contributed by atoms with Crippen molar-refractivity contribution < 1.29 is 8.91 Å². The van der Waals surface area contributed by atoms with Crippen LogP contribution in [0.3, 0.4) is 0 Å². The molecule has 3 aromatic rings. The first kappa shape index (κ1) is 16.1. The second-order valence-electron chi connectivity index (χ2n) is 6.09. The minimum absolute atomic E-state index is 0.0407. The van der Waals surface area contributed by atoms with Gasteiger partial charge < -0.3 is 9.42 Å². The first-order valence-electron chi connectivity index (χ1n) is 8.30. The normalized spacial score (nSPS) is 17.1. The van der Waals surface area contributed by atoms with Gasteiger partial charge in [0.05, 0.1) is 5.92 Å². The molecular weight excluding hydrogens is 335 g/mol. The van der Waals surface area contributed by atoms with Crippen LogP contribution in [0, 0.1) is 17.1 Å². The van der Waals surface area contributed by atoms with Crippen molar-refractivity contribution in [2.75, 3.05) is 18.0 Å². The summed E-state index contributed by atoms with van der Waals surface area (Å²) in [6, 6.07) is 8.05. The van der Waals surface area contributed by atoms with Crippen LogP contribution in [-0.4, -0.2) is 33.2 Å². The Balaban J connectivity index is 1.55. The van der Waals surface area contributed by atoms with Crippen molar-refractivity contribution in [2.45, 2.75) is 18.8 Å². The largest absolute Gasteiger partial charge is 0.353 e. The van der Waals surface area contributed by atoms with E-state index in [0.717, 1.165) is 19.4 Å². The maximum Gasteiger partial charge on any atom is 0.231 e. The molecule has 0 spiro atoms. The molecule has 1 fully saturated rings. The Labute approximate surface area is 149 Å². The third-order valence-corrected chi connectivity index (χ3v) is 4.40. The third-order valence-electron chi connectivity index (χ3n) is 4.40. The van der Waals surface area contributed by atoms with Crippen molar-refractivity contribution in [3.63, 3.8) is 0 Å². The second-order valence-corrected chi connectivity index (χ2v) is 6.09. The molecule has 0 bridgehead atoms. The highest BCUT2D eigenvalue weighted by Crippen LogP contribution is 2.30. The van der Waals surface area contributed by atoms with E-state index in [2.05, 4.69) is 26.2 Å². The van der Waals surface area contributed by atoms with Gasteiger partial charge in [0.2, 0.25) is 11.7 Å². The summed E-state index contributed by atoms with van der Waals surface area (Å²) in [4.78, 5) is 14.9. The van der Waals surface area contributed by atoms with Crippen molar-refractivity contribution in [1.82, 2.24) is 20.1 Å². The summed E-state index contributed by atoms with van der Waals surface area (Å²) in [5.41, 5.74) is 1.01. The van der Waals surface area contributed by atoms with Crippen LogP contribution in [-0.2, 0) is 0 Å². The van der Waals surface area contributed by atoms with Crippen LogP contribution in [0.4, 0.5) is 10.2 Å². The van der Waals surface area contributed by atoms with E-state index in [9.17, 15) is 9.65 Å². The number of halogens is 1. The fourth-order valence-electron chi connectivity index (χ4n) is 3.13. The Morgan fingerprint density at radius 3 is 2.81 bits per heavy atom. The van der Waals surface area contributed by atoms with E-state index < -0.39 is 0 Å². The number of hydrogen-bond donors (Lipinski definition) is 0. The lowest BCUT2D eigenvalue weighted by atomic mass is 9.98. The van der Waals surface area contributed by atoms with Gasteiger partial charge in [-0.2, -0.15) is 10.2 Å². The standard InChI is InChI=1S/C18H15FN6O/c19-14-5-3-12(4-6-14)16-23-18(26-24-16)13-2-1-9-25(11-13)17-15(10-20)21-7-8-22-17/h3-8,13H,1-2,9,11H2. The number of aromatic nitrogens is 4. The van der Waals surface area contributed by atoms with Crippen molar-refractivity contribution in [3.8, 4) is 17.5 Å². The van der Waals surface area contributed by atoms with E-state index >= 15 is 0 Å². The molecule has 1 aromatic carbocycles. The molecule has 1 unspecified atom stereocenters. The van der Waals surface area contributed by atoms with Crippen molar-refractivity contribution >= 4 is 5.82 Å². The predicted molar refractivity (Wildman–Crippen MR) is 90.6 cm³/mol. The molecule has 0 saturated carbocycles. The zero-order valence-electron chi connectivity index (χ0n) is 13.8. The minimum Gasteiger partial charge on any atom is -0.353 e. The molecule has 130 valence electrons. The number of nitrogens with zero attached hydrogens (tertiary/aromatic N) is 6. The van der Waals surface area contributed by atoms with Gasteiger partial charge in [0.25, 0.3) is 0 Å². The highest BCUT2D eigenvalue weighted by Gasteiger charge is 2.28. The first-order valence-corrected chi connectivity index (χ1v) is 8.30. The summed E-state index contributed by atoms with van der Waals surface area (Å²) in [5.74, 6) is 1.29. The van der Waals surface area contributed by atoms with Gasteiger partial charge in [-0.3, -0.25) is 0 Å². The highest BCUT2D eigenvalue weighted by atomic mass is 19.1. The van der Waals surface area contributed by atoms with Crippen molar-refractivity contribution in [1.29, 1.82) is 5.26 Å². The average molecular weight is 350 g/mol. The molecule has 0 amide bonds. The molecule has 1 atom stereocenters. The number of piperidine rings is 1. The van der Waals surface area contributed by atoms with E-state index in [1.807, 2.05) is 4.90 Å². The van der Waals surface area contributed by atoms with E-state index in [1.54, 1.807) is 18.3 Å². The summed E-state index contributed by atoms with van der Waals surface area (Å²) >= 11 is 0. The lowest BCUT2D eigenvalue weighted by molar-refractivity contribution is 0.333. The van der Waals surface area contributed by atoms with Gasteiger partial charge in [0.15, 0.2) is 11.5 Å². The fraction of sp³-hybridized carbons (Fsp3) is 0.278. The lowest BCUT2D eigenvalue weighted by Crippen LogP contribution is -2.35. The van der Waals surface area contributed by atoms with Gasteiger partial charge >= 0.3 is 0 Å². The number of rotatable bonds is 3. The fourth-order valence-corrected chi connectivity index (χ4v) is 3.13. The zero-order valence-corrected chi connectivity index (χ0v) is 13.8. The molecule has 2 aromatic heterocycles. The Morgan fingerprint density at radius 1 is 1.19 bits per heavy atom. The average Bonchev–Trinajstić information content (AvgIpc) is 3.19. The van der Waals surface area contributed by atoms with Crippen molar-refractivity contribution in [2.24, 2.45) is 0 Å². The summed E-state index contributed by atoms with van der Waals surface area (Å²) in [6.45, 7) is 1.42. The summed E-state index contributed by atoms with van der Waals surface area (Å²) in [7, 11) is 0. The van der Waals surface area contributed by atoms with E-state index in [4.69, 9.17) is 4.52 Å². The molecule has 1 saturated heterocycles. The Hall–Kier alpha value is -3.34. The second kappa shape index (κ2) is 6.88. The minimum atomic E-state index is -0.308. The molecule has 7 nitrogen and oxygen atoms in total. The Kier molecular flexibility index (Phi) is 4.27. The number of nitriles is 1. The van der Waals surface area contributed by atoms with Gasteiger partial charge in [0, 0.05) is 31.0 Å². The van der Waals surface area contributed by atoms with Gasteiger partial charge in [-0.05, 0) is 37.1 Å². The maximum absolute atomic E-state index is 13.1. The Bertz CT molecular complexity index is 949. The van der Waals surface area contributed by atoms with Crippen LogP contribution < -0.4 is 4.90 Å². The quantitative estimate of drug-likeness (QED) is 0.717. The first-order chi connectivity index (χ1) is 12.7. The molecule has 0 N–H and O–H groups in total. The van der Waals surface area contributed by atoms with Crippen LogP contribution in [0.25, 0.3) is 11.4 Å². The zero-order chi connectivity index (χ0) is 17.9.